The lowest BCUT2D eigenvalue weighted by atomic mass is 10.2. The van der Waals surface area contributed by atoms with Crippen LogP contribution in [0.4, 0.5) is 11.4 Å². The van der Waals surface area contributed by atoms with Crippen LogP contribution >= 0.6 is 0 Å². The van der Waals surface area contributed by atoms with Gasteiger partial charge in [0, 0.05) is 12.1 Å². The molecule has 0 saturated heterocycles. The minimum atomic E-state index is -0.512. The Morgan fingerprint density at radius 2 is 2.38 bits per heavy atom. The highest BCUT2D eigenvalue weighted by Gasteiger charge is 2.08. The SMILES string of the molecule is CC(CO)Nc1cc2[nH]c(=O)oc2cc1N. The van der Waals surface area contributed by atoms with Crippen LogP contribution in [-0.2, 0) is 0 Å². The molecular formula is C10H13N3O3. The van der Waals surface area contributed by atoms with Crippen molar-refractivity contribution in [2.45, 2.75) is 13.0 Å². The van der Waals surface area contributed by atoms with Gasteiger partial charge in [-0.15, -0.1) is 0 Å². The van der Waals surface area contributed by atoms with Crippen LogP contribution in [0.5, 0.6) is 0 Å². The van der Waals surface area contributed by atoms with Crippen molar-refractivity contribution in [1.29, 1.82) is 0 Å². The first kappa shape index (κ1) is 10.6. The summed E-state index contributed by atoms with van der Waals surface area (Å²) in [7, 11) is 0. The Morgan fingerprint density at radius 3 is 3.06 bits per heavy atom. The molecule has 1 aromatic heterocycles. The Kier molecular flexibility index (Phi) is 2.57. The molecule has 2 aromatic rings. The van der Waals surface area contributed by atoms with Gasteiger partial charge in [-0.25, -0.2) is 4.79 Å². The quantitative estimate of drug-likeness (QED) is 0.567. The van der Waals surface area contributed by atoms with Crippen LogP contribution in [0.1, 0.15) is 6.92 Å². The highest BCUT2D eigenvalue weighted by molar-refractivity contribution is 5.85. The zero-order valence-electron chi connectivity index (χ0n) is 8.78. The van der Waals surface area contributed by atoms with Crippen LogP contribution < -0.4 is 16.8 Å². The number of aliphatic hydroxyl groups is 1. The summed E-state index contributed by atoms with van der Waals surface area (Å²) >= 11 is 0. The van der Waals surface area contributed by atoms with Crippen LogP contribution in [0.15, 0.2) is 21.3 Å². The summed E-state index contributed by atoms with van der Waals surface area (Å²) in [4.78, 5) is 13.5. The highest BCUT2D eigenvalue weighted by Crippen LogP contribution is 2.24. The molecule has 0 aliphatic carbocycles. The van der Waals surface area contributed by atoms with E-state index in [9.17, 15) is 4.79 Å². The van der Waals surface area contributed by atoms with Crippen molar-refractivity contribution in [2.24, 2.45) is 0 Å². The smallest absolute Gasteiger partial charge is 0.408 e. The molecule has 6 heteroatoms. The maximum atomic E-state index is 11.0. The second kappa shape index (κ2) is 3.90. The molecule has 0 aliphatic rings. The third-order valence-electron chi connectivity index (χ3n) is 2.27. The van der Waals surface area contributed by atoms with Gasteiger partial charge in [-0.3, -0.25) is 4.98 Å². The second-order valence-corrected chi connectivity index (χ2v) is 3.68. The van der Waals surface area contributed by atoms with Crippen LogP contribution in [0.2, 0.25) is 0 Å². The third kappa shape index (κ3) is 1.87. The molecule has 0 aliphatic heterocycles. The lowest BCUT2D eigenvalue weighted by Gasteiger charge is -2.13. The van der Waals surface area contributed by atoms with Gasteiger partial charge in [0.15, 0.2) is 5.58 Å². The van der Waals surface area contributed by atoms with Crippen LogP contribution in [-0.4, -0.2) is 22.7 Å². The molecule has 6 nitrogen and oxygen atoms in total. The third-order valence-corrected chi connectivity index (χ3v) is 2.27. The molecule has 86 valence electrons. The van der Waals surface area contributed by atoms with E-state index in [2.05, 4.69) is 10.3 Å². The minimum Gasteiger partial charge on any atom is -0.408 e. The predicted molar refractivity (Wildman–Crippen MR) is 61.4 cm³/mol. The van der Waals surface area contributed by atoms with E-state index in [1.54, 1.807) is 12.1 Å². The molecule has 1 unspecified atom stereocenters. The Bertz CT molecular complexity index is 558. The first-order valence-corrected chi connectivity index (χ1v) is 4.90. The van der Waals surface area contributed by atoms with Crippen LogP contribution in [0, 0.1) is 0 Å². The van der Waals surface area contributed by atoms with Gasteiger partial charge in [0.05, 0.1) is 23.5 Å². The van der Waals surface area contributed by atoms with Crippen molar-refractivity contribution in [3.63, 3.8) is 0 Å². The number of aliphatic hydroxyl groups excluding tert-OH is 1. The summed E-state index contributed by atoms with van der Waals surface area (Å²) < 4.78 is 4.87. The fourth-order valence-corrected chi connectivity index (χ4v) is 1.45. The van der Waals surface area contributed by atoms with E-state index in [1.807, 2.05) is 6.92 Å². The number of hydrogen-bond acceptors (Lipinski definition) is 5. The van der Waals surface area contributed by atoms with Crippen molar-refractivity contribution in [2.75, 3.05) is 17.7 Å². The van der Waals surface area contributed by atoms with Gasteiger partial charge < -0.3 is 20.6 Å². The van der Waals surface area contributed by atoms with Crippen molar-refractivity contribution in [1.82, 2.24) is 4.98 Å². The predicted octanol–water partition coefficient (Wildman–Crippen LogP) is 0.496. The molecular weight excluding hydrogens is 210 g/mol. The first-order valence-electron chi connectivity index (χ1n) is 4.90. The first-order chi connectivity index (χ1) is 7.60. The molecule has 16 heavy (non-hydrogen) atoms. The van der Waals surface area contributed by atoms with Crippen molar-refractivity contribution in [3.05, 3.63) is 22.7 Å². The number of nitrogens with two attached hydrogens (primary N) is 1. The van der Waals surface area contributed by atoms with E-state index >= 15 is 0 Å². The number of fused-ring (bicyclic) bond motifs is 1. The van der Waals surface area contributed by atoms with Crippen molar-refractivity contribution in [3.8, 4) is 0 Å². The lowest BCUT2D eigenvalue weighted by molar-refractivity contribution is 0.281. The molecule has 2 rings (SSSR count). The van der Waals surface area contributed by atoms with Gasteiger partial charge in [0.1, 0.15) is 0 Å². The van der Waals surface area contributed by atoms with E-state index in [4.69, 9.17) is 15.3 Å². The molecule has 1 heterocycles. The topological polar surface area (TPSA) is 104 Å². The zero-order valence-corrected chi connectivity index (χ0v) is 8.78. The number of H-pyrrole nitrogens is 1. The number of rotatable bonds is 3. The number of aromatic nitrogens is 1. The van der Waals surface area contributed by atoms with Gasteiger partial charge in [0.25, 0.3) is 0 Å². The maximum absolute atomic E-state index is 11.0. The summed E-state index contributed by atoms with van der Waals surface area (Å²) in [5, 5.41) is 11.9. The fourth-order valence-electron chi connectivity index (χ4n) is 1.45. The van der Waals surface area contributed by atoms with Gasteiger partial charge in [-0.2, -0.15) is 0 Å². The standard InChI is InChI=1S/C10H13N3O3/c1-5(4-14)12-7-3-8-9(2-6(7)11)16-10(15)13-8/h2-3,5,12,14H,4,11H2,1H3,(H,13,15). The fraction of sp³-hybridized carbons (Fsp3) is 0.300. The Morgan fingerprint density at radius 1 is 1.62 bits per heavy atom. The molecule has 0 spiro atoms. The zero-order chi connectivity index (χ0) is 11.7. The average molecular weight is 223 g/mol. The largest absolute Gasteiger partial charge is 0.417 e. The number of hydrogen-bond donors (Lipinski definition) is 4. The monoisotopic (exact) mass is 223 g/mol. The molecule has 0 amide bonds. The molecule has 0 radical (unpaired) electrons. The van der Waals surface area contributed by atoms with E-state index in [0.717, 1.165) is 0 Å². The Balaban J connectivity index is 2.45. The summed E-state index contributed by atoms with van der Waals surface area (Å²) in [6, 6.07) is 3.14. The lowest BCUT2D eigenvalue weighted by Crippen LogP contribution is -2.19. The van der Waals surface area contributed by atoms with Gasteiger partial charge in [-0.1, -0.05) is 0 Å². The van der Waals surface area contributed by atoms with Crippen molar-refractivity contribution < 1.29 is 9.52 Å². The summed E-state index contributed by atoms with van der Waals surface area (Å²) in [5.74, 6) is -0.512. The minimum absolute atomic E-state index is 0.000611. The van der Waals surface area contributed by atoms with Crippen LogP contribution in [0.25, 0.3) is 11.1 Å². The van der Waals surface area contributed by atoms with E-state index in [-0.39, 0.29) is 12.6 Å². The Hall–Kier alpha value is -1.95. The molecule has 5 N–H and O–H groups in total. The normalized spacial score (nSPS) is 12.9. The molecule has 1 aromatic carbocycles. The highest BCUT2D eigenvalue weighted by atomic mass is 16.4. The number of benzene rings is 1. The van der Waals surface area contributed by atoms with Gasteiger partial charge in [0.2, 0.25) is 0 Å². The number of aromatic amines is 1. The number of oxazole rings is 1. The van der Waals surface area contributed by atoms with Crippen molar-refractivity contribution >= 4 is 22.5 Å². The second-order valence-electron chi connectivity index (χ2n) is 3.68. The van der Waals surface area contributed by atoms with E-state index in [1.165, 1.54) is 0 Å². The summed E-state index contributed by atoms with van der Waals surface area (Å²) in [6.45, 7) is 1.82. The van der Waals surface area contributed by atoms with E-state index < -0.39 is 5.76 Å². The maximum Gasteiger partial charge on any atom is 0.417 e. The summed E-state index contributed by atoms with van der Waals surface area (Å²) in [6.07, 6.45) is 0. The van der Waals surface area contributed by atoms with E-state index in [0.29, 0.717) is 22.5 Å². The summed E-state index contributed by atoms with van der Waals surface area (Å²) in [5.41, 5.74) is 7.90. The number of anilines is 2. The van der Waals surface area contributed by atoms with Crippen LogP contribution in [0.3, 0.4) is 0 Å². The molecule has 1 atom stereocenters. The number of nitrogen functional groups attached to an aromatic ring is 1. The molecule has 0 fully saturated rings. The molecule has 0 bridgehead atoms. The molecule has 0 saturated carbocycles. The van der Waals surface area contributed by atoms with Gasteiger partial charge in [-0.05, 0) is 13.0 Å². The number of nitrogens with one attached hydrogen (secondary N) is 2. The Labute approximate surface area is 91.1 Å². The average Bonchev–Trinajstić information content (AvgIpc) is 2.58. The van der Waals surface area contributed by atoms with Gasteiger partial charge >= 0.3 is 5.76 Å².